The van der Waals surface area contributed by atoms with E-state index in [1.54, 1.807) is 26.6 Å². The van der Waals surface area contributed by atoms with Gasteiger partial charge >= 0.3 is 0 Å². The highest BCUT2D eigenvalue weighted by Crippen LogP contribution is 2.46. The Labute approximate surface area is 230 Å². The first-order chi connectivity index (χ1) is 16.8. The Kier molecular flexibility index (Phi) is 8.80. The SMILES string of the molecule is COc1c(Br)cc(Br)c(OC)c1-n1c(NSC(C)C(C)c2ncc(Cl)cn2)nnc1C1CCOC1. The van der Waals surface area contributed by atoms with Crippen molar-refractivity contribution < 1.29 is 14.2 Å². The summed E-state index contributed by atoms with van der Waals surface area (Å²) in [4.78, 5) is 8.73. The molecule has 35 heavy (non-hydrogen) atoms. The summed E-state index contributed by atoms with van der Waals surface area (Å²) in [5.74, 6) is 3.41. The molecule has 188 valence electrons. The van der Waals surface area contributed by atoms with Crippen LogP contribution in [0.2, 0.25) is 5.02 Å². The average molecular weight is 649 g/mol. The maximum atomic E-state index is 5.94. The molecule has 3 unspecified atom stereocenters. The van der Waals surface area contributed by atoms with Gasteiger partial charge in [0.05, 0.1) is 34.8 Å². The highest BCUT2D eigenvalue weighted by Gasteiger charge is 2.31. The van der Waals surface area contributed by atoms with Crippen LogP contribution in [0.15, 0.2) is 27.4 Å². The molecule has 3 aromatic rings. The molecule has 1 aliphatic rings. The Balaban J connectivity index is 1.72. The molecule has 4 rings (SSSR count). The van der Waals surface area contributed by atoms with E-state index in [2.05, 4.69) is 70.6 Å². The second kappa shape index (κ2) is 11.6. The van der Waals surface area contributed by atoms with Gasteiger partial charge in [0.1, 0.15) is 17.3 Å². The lowest BCUT2D eigenvalue weighted by Gasteiger charge is -2.22. The molecule has 0 amide bonds. The molecule has 0 spiro atoms. The number of nitrogens with one attached hydrogen (secondary N) is 1. The van der Waals surface area contributed by atoms with E-state index < -0.39 is 0 Å². The summed E-state index contributed by atoms with van der Waals surface area (Å²) >= 11 is 14.7. The van der Waals surface area contributed by atoms with Crippen LogP contribution in [0.25, 0.3) is 5.69 Å². The highest BCUT2D eigenvalue weighted by molar-refractivity contribution is 9.11. The van der Waals surface area contributed by atoms with Crippen molar-refractivity contribution in [2.24, 2.45) is 0 Å². The third kappa shape index (κ3) is 5.56. The molecule has 3 atom stereocenters. The predicted octanol–water partition coefficient (Wildman–Crippen LogP) is 6.01. The minimum absolute atomic E-state index is 0.0629. The maximum Gasteiger partial charge on any atom is 0.239 e. The zero-order valence-corrected chi connectivity index (χ0v) is 24.3. The average Bonchev–Trinajstić information content (AvgIpc) is 3.52. The van der Waals surface area contributed by atoms with Gasteiger partial charge in [-0.1, -0.05) is 25.4 Å². The maximum absolute atomic E-state index is 5.94. The van der Waals surface area contributed by atoms with Gasteiger partial charge in [0.25, 0.3) is 0 Å². The Bertz CT molecular complexity index is 1150. The summed E-state index contributed by atoms with van der Waals surface area (Å²) in [6.07, 6.45) is 4.08. The van der Waals surface area contributed by atoms with Gasteiger partial charge in [-0.25, -0.2) is 9.97 Å². The fourth-order valence-corrected chi connectivity index (χ4v) is 6.07. The van der Waals surface area contributed by atoms with Gasteiger partial charge < -0.3 is 14.2 Å². The van der Waals surface area contributed by atoms with E-state index in [0.717, 1.165) is 27.0 Å². The summed E-state index contributed by atoms with van der Waals surface area (Å²) in [7, 11) is 3.24. The van der Waals surface area contributed by atoms with Crippen molar-refractivity contribution in [2.75, 3.05) is 32.2 Å². The van der Waals surface area contributed by atoms with Crippen molar-refractivity contribution in [1.82, 2.24) is 24.7 Å². The van der Waals surface area contributed by atoms with E-state index in [-0.39, 0.29) is 17.1 Å². The Morgan fingerprint density at radius 2 is 1.80 bits per heavy atom. The minimum atomic E-state index is 0.0629. The number of hydrogen-bond acceptors (Lipinski definition) is 9. The first-order valence-electron chi connectivity index (χ1n) is 10.9. The van der Waals surface area contributed by atoms with E-state index in [0.29, 0.717) is 41.4 Å². The molecule has 1 aliphatic heterocycles. The van der Waals surface area contributed by atoms with Crippen molar-refractivity contribution in [1.29, 1.82) is 0 Å². The molecule has 0 radical (unpaired) electrons. The van der Waals surface area contributed by atoms with Gasteiger partial charge in [-0.3, -0.25) is 9.29 Å². The number of rotatable bonds is 9. The number of anilines is 1. The van der Waals surface area contributed by atoms with E-state index in [1.807, 2.05) is 10.6 Å². The first kappa shape index (κ1) is 26.5. The number of benzene rings is 1. The summed E-state index contributed by atoms with van der Waals surface area (Å²) in [5, 5.41) is 9.67. The number of ether oxygens (including phenoxy) is 3. The lowest BCUT2D eigenvalue weighted by molar-refractivity contribution is 0.193. The van der Waals surface area contributed by atoms with Crippen LogP contribution in [0, 0.1) is 0 Å². The van der Waals surface area contributed by atoms with Gasteiger partial charge in [0.2, 0.25) is 5.95 Å². The third-order valence-corrected chi connectivity index (χ3v) is 8.27. The number of hydrogen-bond donors (Lipinski definition) is 1. The van der Waals surface area contributed by atoms with Crippen molar-refractivity contribution >= 4 is 61.4 Å². The topological polar surface area (TPSA) is 96.2 Å². The number of nitrogens with zero attached hydrogens (tertiary/aromatic N) is 5. The minimum Gasteiger partial charge on any atom is -0.493 e. The summed E-state index contributed by atoms with van der Waals surface area (Å²) in [5.41, 5.74) is 0.688. The van der Waals surface area contributed by atoms with E-state index in [1.165, 1.54) is 11.9 Å². The van der Waals surface area contributed by atoms with Gasteiger partial charge in [-0.15, -0.1) is 10.2 Å². The number of halogens is 3. The fourth-order valence-electron chi connectivity index (χ4n) is 3.76. The number of methoxy groups -OCH3 is 2. The number of aromatic nitrogens is 5. The largest absolute Gasteiger partial charge is 0.493 e. The molecule has 1 fully saturated rings. The normalized spacial score (nSPS) is 17.3. The van der Waals surface area contributed by atoms with Crippen LogP contribution in [-0.4, -0.2) is 57.4 Å². The molecular weight excluding hydrogens is 624 g/mol. The van der Waals surface area contributed by atoms with Crippen molar-refractivity contribution in [3.63, 3.8) is 0 Å². The molecule has 3 heterocycles. The second-order valence-corrected chi connectivity index (χ2v) is 11.3. The Hall–Kier alpha value is -1.60. The lowest BCUT2D eigenvalue weighted by atomic mass is 10.1. The molecule has 9 nitrogen and oxygen atoms in total. The molecule has 0 saturated carbocycles. The monoisotopic (exact) mass is 646 g/mol. The summed E-state index contributed by atoms with van der Waals surface area (Å²) < 4.78 is 24.1. The highest BCUT2D eigenvalue weighted by atomic mass is 79.9. The van der Waals surface area contributed by atoms with Crippen LogP contribution in [0.3, 0.4) is 0 Å². The quantitative estimate of drug-likeness (QED) is 0.280. The van der Waals surface area contributed by atoms with Crippen LogP contribution in [-0.2, 0) is 4.74 Å². The molecular formula is C22H25Br2ClN6O3S. The van der Waals surface area contributed by atoms with Crippen LogP contribution < -0.4 is 14.2 Å². The predicted molar refractivity (Wildman–Crippen MR) is 144 cm³/mol. The van der Waals surface area contributed by atoms with Crippen molar-refractivity contribution in [2.45, 2.75) is 37.4 Å². The molecule has 1 aromatic carbocycles. The van der Waals surface area contributed by atoms with Crippen molar-refractivity contribution in [3.8, 4) is 17.2 Å². The van der Waals surface area contributed by atoms with E-state index in [9.17, 15) is 0 Å². The standard InChI is InChI=1S/C22H25Br2ClN6O3S/c1-11(20-26-8-14(25)9-27-20)12(2)35-30-22-29-28-21(13-5-6-34-10-13)31(22)17-18(32-3)15(23)7-16(24)19(17)33-4/h7-9,11-13H,5-6,10H2,1-4H3,(H,29,30). The molecule has 0 aliphatic carbocycles. The van der Waals surface area contributed by atoms with Gasteiger partial charge in [-0.2, -0.15) is 0 Å². The van der Waals surface area contributed by atoms with Gasteiger partial charge in [0.15, 0.2) is 11.5 Å². The van der Waals surface area contributed by atoms with E-state index in [4.69, 9.17) is 25.8 Å². The molecule has 0 bridgehead atoms. The van der Waals surface area contributed by atoms with Crippen LogP contribution in [0.4, 0.5) is 5.95 Å². The van der Waals surface area contributed by atoms with Crippen LogP contribution in [0.5, 0.6) is 11.5 Å². The third-order valence-electron chi connectivity index (χ3n) is 5.82. The Morgan fingerprint density at radius 3 is 2.37 bits per heavy atom. The molecule has 1 N–H and O–H groups in total. The summed E-state index contributed by atoms with van der Waals surface area (Å²) in [6, 6.07) is 1.89. The lowest BCUT2D eigenvalue weighted by Crippen LogP contribution is -2.16. The van der Waals surface area contributed by atoms with Gasteiger partial charge in [-0.05, 0) is 56.3 Å². The summed E-state index contributed by atoms with van der Waals surface area (Å²) in [6.45, 7) is 5.43. The van der Waals surface area contributed by atoms with Crippen LogP contribution in [0.1, 0.15) is 43.8 Å². The second-order valence-electron chi connectivity index (χ2n) is 8.01. The fraction of sp³-hybridized carbons (Fsp3) is 0.455. The Morgan fingerprint density at radius 1 is 1.14 bits per heavy atom. The smallest absolute Gasteiger partial charge is 0.239 e. The zero-order chi connectivity index (χ0) is 25.1. The van der Waals surface area contributed by atoms with Crippen molar-refractivity contribution in [3.05, 3.63) is 44.1 Å². The van der Waals surface area contributed by atoms with Crippen LogP contribution >= 0.6 is 55.4 Å². The van der Waals surface area contributed by atoms with E-state index >= 15 is 0 Å². The first-order valence-corrected chi connectivity index (χ1v) is 13.7. The van der Waals surface area contributed by atoms with Gasteiger partial charge in [0, 0.05) is 36.1 Å². The molecule has 13 heteroatoms. The molecule has 1 saturated heterocycles. The molecule has 2 aromatic heterocycles. The zero-order valence-electron chi connectivity index (χ0n) is 19.6.